The molecule has 0 atom stereocenters. The summed E-state index contributed by atoms with van der Waals surface area (Å²) >= 11 is 0. The molecule has 0 aliphatic rings. The summed E-state index contributed by atoms with van der Waals surface area (Å²) in [6, 6.07) is 0. The maximum absolute atomic E-state index is 9.00. The number of aliphatic carboxylic acids is 1. The van der Waals surface area contributed by atoms with E-state index < -0.39 is 5.97 Å². The molecule has 0 rings (SSSR count). The van der Waals surface area contributed by atoms with Crippen LogP contribution in [0.1, 0.15) is 6.92 Å². The monoisotopic (exact) mass is 193 g/mol. The molecule has 0 unspecified atom stereocenters. The number of carboxylic acids is 1. The van der Waals surface area contributed by atoms with E-state index in [9.17, 15) is 0 Å². The smallest absolute Gasteiger partial charge is 0 e. The zero-order valence-electron chi connectivity index (χ0n) is 2.73. The summed E-state index contributed by atoms with van der Waals surface area (Å²) < 4.78 is 0. The van der Waals surface area contributed by atoms with Crippen molar-refractivity contribution in [2.45, 2.75) is 6.92 Å². The van der Waals surface area contributed by atoms with E-state index in [0.717, 1.165) is 6.92 Å². The van der Waals surface area contributed by atoms with E-state index in [0.29, 0.717) is 0 Å². The Bertz CT molecular complexity index is 34.5. The first-order chi connectivity index (χ1) is 1.73. The van der Waals surface area contributed by atoms with Crippen LogP contribution in [0.2, 0.25) is 0 Å². The summed E-state index contributed by atoms with van der Waals surface area (Å²) in [5.41, 5.74) is 0. The third-order valence-corrected chi connectivity index (χ3v) is 0. The Hall–Kier alpha value is 0.532. The predicted molar refractivity (Wildman–Crippen MR) is 24.6 cm³/mol. The topological polar surface area (TPSA) is 37.3 Å². The third-order valence-electron chi connectivity index (χ3n) is 0. The number of rotatable bonds is 0. The first kappa shape index (κ1) is 16.0. The second-order valence-electron chi connectivity index (χ2n) is 0.519. The molecule has 2 nitrogen and oxygen atoms in total. The summed E-state index contributed by atoms with van der Waals surface area (Å²) in [5, 5.41) is 7.42. The van der Waals surface area contributed by atoms with Crippen LogP contribution in [0.3, 0.4) is 0 Å². The first-order valence-corrected chi connectivity index (χ1v) is 0.928. The van der Waals surface area contributed by atoms with Crippen molar-refractivity contribution in [3.05, 3.63) is 0 Å². The number of carboxylic acid groups (broad SMARTS) is 1. The molecule has 1 N–H and O–H groups in total. The molecule has 1 radical (unpaired) electrons. The van der Waals surface area contributed by atoms with Gasteiger partial charge in [0.15, 0.2) is 0 Å². The van der Waals surface area contributed by atoms with Gasteiger partial charge in [-0.2, -0.15) is 0 Å². The molecule has 6 heavy (non-hydrogen) atoms. The largest absolute Gasteiger partial charge is 0 e. The minimum atomic E-state index is -0.833. The van der Waals surface area contributed by atoms with Crippen molar-refractivity contribution in [2.75, 3.05) is 0 Å². The Morgan fingerprint density at radius 3 is 1.67 bits per heavy atom. The van der Waals surface area contributed by atoms with E-state index in [1.54, 1.807) is 0 Å². The predicted octanol–water partition coefficient (Wildman–Crippen LogP) is -1.36. The van der Waals surface area contributed by atoms with Crippen LogP contribution in [0.25, 0.3) is 0 Å². The first-order valence-electron chi connectivity index (χ1n) is 0.928. The van der Waals surface area contributed by atoms with Crippen molar-refractivity contribution < 1.29 is 27.0 Å². The van der Waals surface area contributed by atoms with Crippen molar-refractivity contribution in [3.63, 3.8) is 0 Å². The molecular weight excluding hydrogens is 184 g/mol. The molecule has 0 spiro atoms. The third kappa shape index (κ3) is 200. The van der Waals surface area contributed by atoms with E-state index in [-0.39, 0.29) is 34.7 Å². The average molecular weight is 192 g/mol. The Balaban J connectivity index is -0.0000000450. The number of hydrogen-bond acceptors (Lipinski definition) is 1. The molecule has 4 heteroatoms. The van der Waals surface area contributed by atoms with Gasteiger partial charge in [0.1, 0.15) is 0 Å². The van der Waals surface area contributed by atoms with E-state index in [1.807, 2.05) is 0 Å². The van der Waals surface area contributed by atoms with Crippen LogP contribution in [-0.4, -0.2) is 28.7 Å². The molecule has 0 aliphatic carbocycles. The van der Waals surface area contributed by atoms with Crippen LogP contribution < -0.4 is 0 Å². The van der Waals surface area contributed by atoms with Crippen molar-refractivity contribution >= 4 is 23.6 Å². The van der Waals surface area contributed by atoms with Gasteiger partial charge in [0.2, 0.25) is 0 Å². The summed E-state index contributed by atoms with van der Waals surface area (Å²) in [4.78, 5) is 9.00. The molecule has 0 aromatic rings. The van der Waals surface area contributed by atoms with Crippen molar-refractivity contribution in [1.82, 2.24) is 0 Å². The van der Waals surface area contributed by atoms with E-state index >= 15 is 0 Å². The second-order valence-corrected chi connectivity index (χ2v) is 0.519. The van der Waals surface area contributed by atoms with Gasteiger partial charge < -0.3 is 5.11 Å². The Morgan fingerprint density at radius 2 is 1.67 bits per heavy atom. The SMILES string of the molecule is CC(=O)O.[GeH4].[Mn]. The Morgan fingerprint density at radius 1 is 1.67 bits per heavy atom. The fourth-order valence-electron chi connectivity index (χ4n) is 0. The second kappa shape index (κ2) is 9.11. The van der Waals surface area contributed by atoms with Crippen LogP contribution in [0.15, 0.2) is 0 Å². The zero-order chi connectivity index (χ0) is 3.58. The van der Waals surface area contributed by atoms with Crippen LogP contribution >= 0.6 is 0 Å². The van der Waals surface area contributed by atoms with Gasteiger partial charge in [-0.1, -0.05) is 0 Å². The van der Waals surface area contributed by atoms with Crippen molar-refractivity contribution in [1.29, 1.82) is 0 Å². The molecule has 0 aromatic heterocycles. The van der Waals surface area contributed by atoms with E-state index in [2.05, 4.69) is 0 Å². The quantitative estimate of drug-likeness (QED) is 0.480. The summed E-state index contributed by atoms with van der Waals surface area (Å²) in [7, 11) is 0. The maximum Gasteiger partial charge on any atom is 0 e. The normalized spacial score (nSPS) is 4.17. The number of hydrogen-bond donors (Lipinski definition) is 1. The minimum Gasteiger partial charge on any atom is 0 e. The number of carbonyl (C=O) groups is 1. The zero-order valence-corrected chi connectivity index (χ0v) is 3.91. The molecule has 0 aromatic carbocycles. The van der Waals surface area contributed by atoms with E-state index in [1.165, 1.54) is 0 Å². The standard InChI is InChI=1S/C2H4O2.GeH4.Mn/c1-2(3)4;;/h1H3,(H,3,4);1H4;. The van der Waals surface area contributed by atoms with Crippen molar-refractivity contribution in [2.24, 2.45) is 0 Å². The van der Waals surface area contributed by atoms with Crippen LogP contribution in [0.4, 0.5) is 0 Å². The van der Waals surface area contributed by atoms with Crippen LogP contribution in [-0.2, 0) is 21.9 Å². The average Bonchev–Trinajstić information content (AvgIpc) is 0.811. The Kier molecular flexibility index (Phi) is 24.3. The van der Waals surface area contributed by atoms with Gasteiger partial charge in [-0.25, -0.2) is 0 Å². The van der Waals surface area contributed by atoms with Gasteiger partial charge in [-0.3, -0.25) is 4.79 Å². The van der Waals surface area contributed by atoms with Gasteiger partial charge in [0.05, 0.1) is 0 Å². The van der Waals surface area contributed by atoms with Gasteiger partial charge in [0, 0.05) is 24.0 Å². The summed E-state index contributed by atoms with van der Waals surface area (Å²) in [5.74, 6) is -0.833. The van der Waals surface area contributed by atoms with Gasteiger partial charge in [0.25, 0.3) is 5.97 Å². The van der Waals surface area contributed by atoms with Crippen LogP contribution in [0, 0.1) is 0 Å². The molecule has 39 valence electrons. The molecular formula is C2H8GeMnO2. The molecule has 0 bridgehead atoms. The van der Waals surface area contributed by atoms with Gasteiger partial charge >= 0.3 is 17.6 Å². The molecule has 0 amide bonds. The Labute approximate surface area is 57.8 Å². The molecule has 0 heterocycles. The van der Waals surface area contributed by atoms with Crippen LogP contribution in [0.5, 0.6) is 0 Å². The van der Waals surface area contributed by atoms with Gasteiger partial charge in [-0.05, 0) is 0 Å². The maximum atomic E-state index is 9.00. The minimum absolute atomic E-state index is 0. The fraction of sp³-hybridized carbons (Fsp3) is 0.500. The summed E-state index contributed by atoms with van der Waals surface area (Å²) in [6.45, 7) is 1.08. The van der Waals surface area contributed by atoms with E-state index in [4.69, 9.17) is 9.90 Å². The fourth-order valence-corrected chi connectivity index (χ4v) is 0. The molecule has 0 saturated heterocycles. The van der Waals surface area contributed by atoms with Crippen molar-refractivity contribution in [3.8, 4) is 0 Å². The van der Waals surface area contributed by atoms with Gasteiger partial charge in [-0.15, -0.1) is 0 Å². The molecule has 0 fully saturated rings. The molecule has 0 aliphatic heterocycles. The summed E-state index contributed by atoms with van der Waals surface area (Å²) in [6.07, 6.45) is 0. The molecule has 0 saturated carbocycles.